The van der Waals surface area contributed by atoms with E-state index in [-0.39, 0.29) is 11.7 Å². The summed E-state index contributed by atoms with van der Waals surface area (Å²) < 4.78 is 5.55. The molecule has 4 heterocycles. The molecule has 0 amide bonds. The van der Waals surface area contributed by atoms with E-state index in [2.05, 4.69) is 33.3 Å². The Bertz CT molecular complexity index is 1530. The van der Waals surface area contributed by atoms with Crippen LogP contribution in [0.5, 0.6) is 0 Å². The predicted molar refractivity (Wildman–Crippen MR) is 130 cm³/mol. The normalized spacial score (nSPS) is 15.0. The fourth-order valence-electron chi connectivity index (χ4n) is 5.17. The Kier molecular flexibility index (Phi) is 4.64. The van der Waals surface area contributed by atoms with E-state index in [9.17, 15) is 4.79 Å². The van der Waals surface area contributed by atoms with Crippen molar-refractivity contribution in [2.75, 3.05) is 0 Å². The molecule has 7 nitrogen and oxygen atoms in total. The van der Waals surface area contributed by atoms with Gasteiger partial charge in [0, 0.05) is 49.0 Å². The predicted octanol–water partition coefficient (Wildman–Crippen LogP) is 4.86. The van der Waals surface area contributed by atoms with Crippen LogP contribution in [0.1, 0.15) is 38.1 Å². The summed E-state index contributed by atoms with van der Waals surface area (Å²) >= 11 is 0. The number of benzene rings is 1. The smallest absolute Gasteiger partial charge is 0.293 e. The van der Waals surface area contributed by atoms with Crippen LogP contribution < -0.4 is 5.69 Å². The molecule has 1 aromatic carbocycles. The topological polar surface area (TPSA) is 70.5 Å². The average molecular weight is 439 g/mol. The van der Waals surface area contributed by atoms with Gasteiger partial charge in [0.15, 0.2) is 0 Å². The second-order valence-electron chi connectivity index (χ2n) is 9.06. The number of pyridine rings is 2. The molecule has 0 aliphatic heterocycles. The second kappa shape index (κ2) is 7.69. The largest absolute Gasteiger partial charge is 0.329 e. The third kappa shape index (κ3) is 3.26. The Labute approximate surface area is 191 Å². The number of aromatic nitrogens is 6. The van der Waals surface area contributed by atoms with E-state index in [4.69, 9.17) is 0 Å². The molecule has 0 unspecified atom stereocenters. The van der Waals surface area contributed by atoms with Gasteiger partial charge in [-0.05, 0) is 36.6 Å². The number of hydrogen-bond donors (Lipinski definition) is 0. The molecule has 5 aromatic rings. The molecule has 1 aliphatic carbocycles. The molecule has 0 radical (unpaired) electrons. The van der Waals surface area contributed by atoms with Gasteiger partial charge in [0.2, 0.25) is 0 Å². The molecule has 1 fully saturated rings. The standard InChI is InChI=1S/C26H26N6O/c1-30-16-19(14-29-30)22-10-9-18(13-27-22)17-8-11-23-21(12-17)25-24(15-28-23)31(2)26(33)32(25)20-6-4-3-5-7-20/h8-16,20H,3-7H2,1-2H3. The zero-order valence-corrected chi connectivity index (χ0v) is 18.9. The summed E-state index contributed by atoms with van der Waals surface area (Å²) in [5.74, 6) is 0. The van der Waals surface area contributed by atoms with Crippen LogP contribution in [-0.4, -0.2) is 28.9 Å². The highest BCUT2D eigenvalue weighted by atomic mass is 16.1. The van der Waals surface area contributed by atoms with Gasteiger partial charge in [-0.15, -0.1) is 0 Å². The molecule has 0 saturated heterocycles. The van der Waals surface area contributed by atoms with Gasteiger partial charge in [0.25, 0.3) is 0 Å². The highest BCUT2D eigenvalue weighted by Crippen LogP contribution is 2.34. The monoisotopic (exact) mass is 438 g/mol. The van der Waals surface area contributed by atoms with Crippen molar-refractivity contribution in [3.8, 4) is 22.4 Å². The van der Waals surface area contributed by atoms with Crippen LogP contribution in [0.4, 0.5) is 0 Å². The summed E-state index contributed by atoms with van der Waals surface area (Å²) in [4.78, 5) is 22.6. The average Bonchev–Trinajstić information content (AvgIpc) is 3.40. The molecule has 33 heavy (non-hydrogen) atoms. The molecule has 166 valence electrons. The maximum Gasteiger partial charge on any atom is 0.329 e. The summed E-state index contributed by atoms with van der Waals surface area (Å²) in [6.45, 7) is 0. The lowest BCUT2D eigenvalue weighted by molar-refractivity contribution is 0.351. The Hall–Kier alpha value is -3.74. The van der Waals surface area contributed by atoms with Gasteiger partial charge in [-0.25, -0.2) is 4.79 Å². The molecule has 4 aromatic heterocycles. The fourth-order valence-corrected chi connectivity index (χ4v) is 5.17. The lowest BCUT2D eigenvalue weighted by Crippen LogP contribution is -2.27. The van der Waals surface area contributed by atoms with Crippen LogP contribution in [0.3, 0.4) is 0 Å². The van der Waals surface area contributed by atoms with Crippen LogP contribution >= 0.6 is 0 Å². The van der Waals surface area contributed by atoms with Crippen molar-refractivity contribution in [1.29, 1.82) is 0 Å². The Balaban J connectivity index is 1.50. The summed E-state index contributed by atoms with van der Waals surface area (Å²) in [5, 5.41) is 5.25. The summed E-state index contributed by atoms with van der Waals surface area (Å²) in [6, 6.07) is 10.6. The lowest BCUT2D eigenvalue weighted by Gasteiger charge is -2.23. The Morgan fingerprint density at radius 2 is 1.70 bits per heavy atom. The number of aryl methyl sites for hydroxylation is 2. The zero-order chi connectivity index (χ0) is 22.5. The first-order valence-corrected chi connectivity index (χ1v) is 11.6. The minimum absolute atomic E-state index is 0.0547. The molecule has 0 N–H and O–H groups in total. The molecule has 6 rings (SSSR count). The van der Waals surface area contributed by atoms with Crippen molar-refractivity contribution in [2.24, 2.45) is 14.1 Å². The zero-order valence-electron chi connectivity index (χ0n) is 18.9. The van der Waals surface area contributed by atoms with Gasteiger partial charge in [0.1, 0.15) is 0 Å². The number of imidazole rings is 1. The number of fused-ring (bicyclic) bond motifs is 3. The van der Waals surface area contributed by atoms with Crippen LogP contribution in [0.2, 0.25) is 0 Å². The van der Waals surface area contributed by atoms with Gasteiger partial charge >= 0.3 is 5.69 Å². The first kappa shape index (κ1) is 19.9. The van der Waals surface area contributed by atoms with Crippen molar-refractivity contribution in [2.45, 2.75) is 38.1 Å². The van der Waals surface area contributed by atoms with E-state index >= 15 is 0 Å². The summed E-state index contributed by atoms with van der Waals surface area (Å²) in [5.41, 5.74) is 6.83. The van der Waals surface area contributed by atoms with Crippen molar-refractivity contribution >= 4 is 21.9 Å². The first-order chi connectivity index (χ1) is 16.1. The Morgan fingerprint density at radius 3 is 2.42 bits per heavy atom. The van der Waals surface area contributed by atoms with Crippen LogP contribution in [-0.2, 0) is 14.1 Å². The minimum atomic E-state index is 0.0547. The summed E-state index contributed by atoms with van der Waals surface area (Å²) in [6.07, 6.45) is 13.2. The van der Waals surface area contributed by atoms with E-state index < -0.39 is 0 Å². The summed E-state index contributed by atoms with van der Waals surface area (Å²) in [7, 11) is 3.75. The van der Waals surface area contributed by atoms with Gasteiger partial charge in [-0.2, -0.15) is 5.10 Å². The van der Waals surface area contributed by atoms with Gasteiger partial charge in [-0.1, -0.05) is 31.4 Å². The SMILES string of the molecule is Cn1cc(-c2ccc(-c3ccc4ncc5c(c4c3)n(C3CCCCC3)c(=O)n5C)cn2)cn1. The van der Waals surface area contributed by atoms with Crippen molar-refractivity contribution < 1.29 is 0 Å². The molecule has 0 atom stereocenters. The third-order valence-electron chi connectivity index (χ3n) is 6.95. The molecule has 1 aliphatic rings. The van der Waals surface area contributed by atoms with E-state index in [0.29, 0.717) is 0 Å². The van der Waals surface area contributed by atoms with Crippen LogP contribution in [0.15, 0.2) is 59.9 Å². The third-order valence-corrected chi connectivity index (χ3v) is 6.95. The van der Waals surface area contributed by atoms with Crippen LogP contribution in [0, 0.1) is 0 Å². The van der Waals surface area contributed by atoms with Crippen molar-refractivity contribution in [3.63, 3.8) is 0 Å². The van der Waals surface area contributed by atoms with Crippen molar-refractivity contribution in [3.05, 3.63) is 65.6 Å². The molecule has 1 saturated carbocycles. The second-order valence-corrected chi connectivity index (χ2v) is 9.06. The molecule has 7 heteroatoms. The van der Waals surface area contributed by atoms with E-state index in [1.54, 1.807) is 9.25 Å². The molecular formula is C26H26N6O. The van der Waals surface area contributed by atoms with Crippen LogP contribution in [0.25, 0.3) is 44.3 Å². The molecule has 0 spiro atoms. The maximum atomic E-state index is 13.2. The highest BCUT2D eigenvalue weighted by Gasteiger charge is 2.23. The van der Waals surface area contributed by atoms with Gasteiger partial charge in [-0.3, -0.25) is 23.8 Å². The number of hydrogen-bond acceptors (Lipinski definition) is 4. The van der Waals surface area contributed by atoms with Gasteiger partial charge in [0.05, 0.1) is 34.6 Å². The number of rotatable bonds is 3. The fraction of sp³-hybridized carbons (Fsp3) is 0.308. The highest BCUT2D eigenvalue weighted by molar-refractivity contribution is 6.04. The number of nitrogens with zero attached hydrogens (tertiary/aromatic N) is 6. The quantitative estimate of drug-likeness (QED) is 0.403. The minimum Gasteiger partial charge on any atom is -0.293 e. The van der Waals surface area contributed by atoms with E-state index in [0.717, 1.165) is 57.2 Å². The molecule has 0 bridgehead atoms. The van der Waals surface area contributed by atoms with E-state index in [1.165, 1.54) is 19.3 Å². The van der Waals surface area contributed by atoms with Crippen molar-refractivity contribution in [1.82, 2.24) is 28.9 Å². The lowest BCUT2D eigenvalue weighted by atomic mass is 9.95. The van der Waals surface area contributed by atoms with Gasteiger partial charge < -0.3 is 0 Å². The maximum absolute atomic E-state index is 13.2. The molecular weight excluding hydrogens is 412 g/mol. The van der Waals surface area contributed by atoms with E-state index in [1.807, 2.05) is 55.6 Å². The Morgan fingerprint density at radius 1 is 0.879 bits per heavy atom. The first-order valence-electron chi connectivity index (χ1n) is 11.6.